The van der Waals surface area contributed by atoms with Crippen molar-refractivity contribution in [2.45, 2.75) is 27.2 Å². The van der Waals surface area contributed by atoms with Crippen molar-refractivity contribution in [1.29, 1.82) is 0 Å². The molecule has 1 saturated heterocycles. The van der Waals surface area contributed by atoms with Crippen molar-refractivity contribution in [1.82, 2.24) is 0 Å². The van der Waals surface area contributed by atoms with E-state index in [1.165, 1.54) is 0 Å². The number of hydrogen-bond donors (Lipinski definition) is 1. The van der Waals surface area contributed by atoms with Gasteiger partial charge in [-0.15, -0.1) is 0 Å². The minimum Gasteiger partial charge on any atom is -0.455 e. The highest BCUT2D eigenvalue weighted by Gasteiger charge is 2.36. The fourth-order valence-corrected chi connectivity index (χ4v) is 3.31. The number of amides is 2. The van der Waals surface area contributed by atoms with Crippen molar-refractivity contribution in [2.24, 2.45) is 5.92 Å². The van der Waals surface area contributed by atoms with Crippen molar-refractivity contribution in [3.05, 3.63) is 59.2 Å². The van der Waals surface area contributed by atoms with Crippen molar-refractivity contribution in [3.63, 3.8) is 0 Å². The van der Waals surface area contributed by atoms with Crippen LogP contribution in [0.4, 0.5) is 11.4 Å². The van der Waals surface area contributed by atoms with E-state index < -0.39 is 17.8 Å². The number of benzene rings is 2. The summed E-state index contributed by atoms with van der Waals surface area (Å²) in [5.74, 6) is -1.62. The second kappa shape index (κ2) is 8.25. The summed E-state index contributed by atoms with van der Waals surface area (Å²) in [5, 5.41) is 2.74. The Balaban J connectivity index is 1.53. The molecule has 1 aliphatic rings. The average Bonchev–Trinajstić information content (AvgIpc) is 3.04. The maximum Gasteiger partial charge on any atom is 0.311 e. The van der Waals surface area contributed by atoms with Gasteiger partial charge >= 0.3 is 5.97 Å². The van der Waals surface area contributed by atoms with Crippen LogP contribution in [-0.4, -0.2) is 30.9 Å². The number of carbonyl (C=O) groups is 3. The van der Waals surface area contributed by atoms with Crippen LogP contribution in [0.5, 0.6) is 0 Å². The molecule has 0 aromatic heterocycles. The summed E-state index contributed by atoms with van der Waals surface area (Å²) in [6.45, 7) is 5.72. The summed E-state index contributed by atoms with van der Waals surface area (Å²) in [6, 6.07) is 13.3. The van der Waals surface area contributed by atoms with Crippen LogP contribution in [0.1, 0.15) is 23.1 Å². The Morgan fingerprint density at radius 2 is 1.86 bits per heavy atom. The van der Waals surface area contributed by atoms with Crippen molar-refractivity contribution in [2.75, 3.05) is 23.4 Å². The summed E-state index contributed by atoms with van der Waals surface area (Å²) >= 11 is 0. The molecule has 2 aromatic carbocycles. The number of nitrogens with one attached hydrogen (secondary N) is 1. The Labute approximate surface area is 164 Å². The first-order chi connectivity index (χ1) is 13.3. The van der Waals surface area contributed by atoms with E-state index in [2.05, 4.69) is 5.32 Å². The molecule has 2 amide bonds. The zero-order chi connectivity index (χ0) is 20.3. The third-order valence-electron chi connectivity index (χ3n) is 4.77. The van der Waals surface area contributed by atoms with Crippen molar-refractivity contribution in [3.8, 4) is 0 Å². The minimum absolute atomic E-state index is 0.0888. The third-order valence-corrected chi connectivity index (χ3v) is 4.77. The van der Waals surface area contributed by atoms with E-state index in [0.29, 0.717) is 5.69 Å². The van der Waals surface area contributed by atoms with Crippen LogP contribution in [0.15, 0.2) is 42.5 Å². The van der Waals surface area contributed by atoms with Gasteiger partial charge in [0.25, 0.3) is 5.91 Å². The monoisotopic (exact) mass is 380 g/mol. The molecule has 0 bridgehead atoms. The molecule has 2 aromatic rings. The fraction of sp³-hybridized carbons (Fsp3) is 0.318. The summed E-state index contributed by atoms with van der Waals surface area (Å²) in [7, 11) is 0. The number of hydrogen-bond acceptors (Lipinski definition) is 4. The highest BCUT2D eigenvalue weighted by molar-refractivity contribution is 6.00. The molecule has 0 aliphatic carbocycles. The van der Waals surface area contributed by atoms with Crippen LogP contribution in [-0.2, 0) is 19.1 Å². The van der Waals surface area contributed by atoms with Crippen LogP contribution < -0.4 is 10.2 Å². The van der Waals surface area contributed by atoms with Gasteiger partial charge in [0.05, 0.1) is 5.92 Å². The molecule has 146 valence electrons. The van der Waals surface area contributed by atoms with Gasteiger partial charge < -0.3 is 15.0 Å². The molecule has 28 heavy (non-hydrogen) atoms. The van der Waals surface area contributed by atoms with E-state index in [9.17, 15) is 14.4 Å². The van der Waals surface area contributed by atoms with Gasteiger partial charge in [-0.05, 0) is 50.1 Å². The second-order valence-electron chi connectivity index (χ2n) is 7.22. The predicted octanol–water partition coefficient (Wildman–Crippen LogP) is 3.15. The molecule has 1 heterocycles. The molecular weight excluding hydrogens is 356 g/mol. The number of ether oxygens (including phenoxy) is 1. The maximum atomic E-state index is 12.3. The van der Waals surface area contributed by atoms with E-state index in [4.69, 9.17) is 4.74 Å². The van der Waals surface area contributed by atoms with Gasteiger partial charge in [0.2, 0.25) is 5.91 Å². The first-order valence-electron chi connectivity index (χ1n) is 9.24. The van der Waals surface area contributed by atoms with E-state index in [0.717, 1.165) is 22.4 Å². The summed E-state index contributed by atoms with van der Waals surface area (Å²) < 4.78 is 5.15. The molecular formula is C22H24N2O4. The standard InChI is InChI=1S/C22H24N2O4/c1-14-5-4-6-18(10-14)24-12-17(11-21(24)26)22(27)28-13-20(25)23-19-8-7-15(2)9-16(19)3/h4-10,17H,11-13H2,1-3H3,(H,23,25)/t17-/m1/s1. The van der Waals surface area contributed by atoms with Gasteiger partial charge in [-0.3, -0.25) is 14.4 Å². The molecule has 6 heteroatoms. The number of carbonyl (C=O) groups excluding carboxylic acids is 3. The normalized spacial score (nSPS) is 16.2. The Kier molecular flexibility index (Phi) is 5.78. The van der Waals surface area contributed by atoms with Crippen molar-refractivity contribution >= 4 is 29.2 Å². The number of esters is 1. The predicted molar refractivity (Wildman–Crippen MR) is 107 cm³/mol. The fourth-order valence-electron chi connectivity index (χ4n) is 3.31. The quantitative estimate of drug-likeness (QED) is 0.809. The highest BCUT2D eigenvalue weighted by Crippen LogP contribution is 2.26. The van der Waals surface area contributed by atoms with Crippen LogP contribution in [0.3, 0.4) is 0 Å². The number of aryl methyl sites for hydroxylation is 3. The molecule has 3 rings (SSSR count). The van der Waals surface area contributed by atoms with Crippen LogP contribution >= 0.6 is 0 Å². The first kappa shape index (κ1) is 19.6. The molecule has 1 N–H and O–H groups in total. The van der Waals surface area contributed by atoms with Crippen LogP contribution in [0.25, 0.3) is 0 Å². The SMILES string of the molecule is Cc1cccc(N2C[C@H](C(=O)OCC(=O)Nc3ccc(C)cc3C)CC2=O)c1. The van der Waals surface area contributed by atoms with E-state index >= 15 is 0 Å². The molecule has 0 unspecified atom stereocenters. The topological polar surface area (TPSA) is 75.7 Å². The molecule has 1 atom stereocenters. The van der Waals surface area contributed by atoms with Gasteiger partial charge in [-0.2, -0.15) is 0 Å². The van der Waals surface area contributed by atoms with Crippen LogP contribution in [0.2, 0.25) is 0 Å². The lowest BCUT2D eigenvalue weighted by Gasteiger charge is -2.17. The third kappa shape index (κ3) is 4.57. The molecule has 0 spiro atoms. The zero-order valence-electron chi connectivity index (χ0n) is 16.3. The summed E-state index contributed by atoms with van der Waals surface area (Å²) in [4.78, 5) is 38.3. The molecule has 0 radical (unpaired) electrons. The lowest BCUT2D eigenvalue weighted by atomic mass is 10.1. The van der Waals surface area contributed by atoms with Crippen molar-refractivity contribution < 1.29 is 19.1 Å². The lowest BCUT2D eigenvalue weighted by molar-refractivity contribution is -0.151. The Bertz CT molecular complexity index is 923. The molecule has 1 fully saturated rings. The van der Waals surface area contributed by atoms with Gasteiger partial charge in [-0.1, -0.05) is 29.8 Å². The molecule has 6 nitrogen and oxygen atoms in total. The largest absolute Gasteiger partial charge is 0.455 e. The maximum absolute atomic E-state index is 12.3. The number of rotatable bonds is 5. The average molecular weight is 380 g/mol. The summed E-state index contributed by atoms with van der Waals surface area (Å²) in [5.41, 5.74) is 4.54. The van der Waals surface area contributed by atoms with Crippen LogP contribution in [0, 0.1) is 26.7 Å². The Morgan fingerprint density at radius 1 is 1.11 bits per heavy atom. The Morgan fingerprint density at radius 3 is 2.57 bits per heavy atom. The highest BCUT2D eigenvalue weighted by atomic mass is 16.5. The summed E-state index contributed by atoms with van der Waals surface area (Å²) in [6.07, 6.45) is 0.0888. The van der Waals surface area contributed by atoms with Gasteiger partial charge in [-0.25, -0.2) is 0 Å². The zero-order valence-corrected chi connectivity index (χ0v) is 16.3. The number of anilines is 2. The molecule has 0 saturated carbocycles. The van der Waals surface area contributed by atoms with Gasteiger partial charge in [0.1, 0.15) is 0 Å². The van der Waals surface area contributed by atoms with E-state index in [-0.39, 0.29) is 25.5 Å². The smallest absolute Gasteiger partial charge is 0.311 e. The number of nitrogens with zero attached hydrogens (tertiary/aromatic N) is 1. The second-order valence-corrected chi connectivity index (χ2v) is 7.22. The lowest BCUT2D eigenvalue weighted by Crippen LogP contribution is -2.28. The van der Waals surface area contributed by atoms with E-state index in [1.54, 1.807) is 4.90 Å². The minimum atomic E-state index is -0.568. The Hall–Kier alpha value is -3.15. The first-order valence-corrected chi connectivity index (χ1v) is 9.24. The van der Waals surface area contributed by atoms with Gasteiger partial charge in [0, 0.05) is 24.3 Å². The van der Waals surface area contributed by atoms with Gasteiger partial charge in [0.15, 0.2) is 6.61 Å². The molecule has 1 aliphatic heterocycles. The van der Waals surface area contributed by atoms with E-state index in [1.807, 2.05) is 63.2 Å².